The number of hydrogen-bond acceptors (Lipinski definition) is 6. The van der Waals surface area contributed by atoms with E-state index in [0.29, 0.717) is 9.92 Å². The maximum absolute atomic E-state index is 12.7. The van der Waals surface area contributed by atoms with Gasteiger partial charge in [-0.15, -0.1) is 0 Å². The first-order valence-corrected chi connectivity index (χ1v) is 8.80. The molecule has 0 aliphatic heterocycles. The van der Waals surface area contributed by atoms with E-state index in [1.54, 1.807) is 24.3 Å². The molecule has 0 atom stereocenters. The summed E-state index contributed by atoms with van der Waals surface area (Å²) < 4.78 is 38.0. The van der Waals surface area contributed by atoms with E-state index in [1.807, 2.05) is 0 Å². The van der Waals surface area contributed by atoms with Gasteiger partial charge in [0.2, 0.25) is 5.82 Å². The van der Waals surface area contributed by atoms with Crippen molar-refractivity contribution in [3.63, 3.8) is 0 Å². The van der Waals surface area contributed by atoms with Crippen LogP contribution in [0.4, 0.5) is 30.4 Å². The van der Waals surface area contributed by atoms with Gasteiger partial charge >= 0.3 is 11.9 Å². The molecule has 0 unspecified atom stereocenters. The van der Waals surface area contributed by atoms with Gasteiger partial charge in [-0.05, 0) is 48.5 Å². The Hall–Kier alpha value is -2.85. The van der Waals surface area contributed by atoms with Crippen molar-refractivity contribution in [2.75, 3.05) is 5.32 Å². The minimum atomic E-state index is -4.47. The molecule has 1 N–H and O–H groups in total. The Morgan fingerprint density at radius 1 is 1.04 bits per heavy atom. The number of aromatic nitrogens is 2. The van der Waals surface area contributed by atoms with Crippen LogP contribution in [0.15, 0.2) is 64.8 Å². The quantitative estimate of drug-likeness (QED) is 0.308. The zero-order valence-electron chi connectivity index (χ0n) is 13.8. The molecule has 11 heteroatoms. The molecule has 6 nitrogen and oxygen atoms in total. The number of halogens is 4. The Labute approximate surface area is 165 Å². The number of nitro groups is 1. The van der Waals surface area contributed by atoms with Crippen LogP contribution in [-0.4, -0.2) is 14.9 Å². The fourth-order valence-corrected chi connectivity index (χ4v) is 3.18. The Balaban J connectivity index is 1.91. The zero-order chi connectivity index (χ0) is 20.3. The van der Waals surface area contributed by atoms with Gasteiger partial charge in [-0.1, -0.05) is 23.4 Å². The predicted molar refractivity (Wildman–Crippen MR) is 99.0 cm³/mol. The Bertz CT molecular complexity index is 999. The number of benzene rings is 2. The molecule has 1 heterocycles. The third-order valence-corrected chi connectivity index (χ3v) is 4.73. The van der Waals surface area contributed by atoms with Gasteiger partial charge < -0.3 is 5.32 Å². The molecule has 0 saturated carbocycles. The van der Waals surface area contributed by atoms with Gasteiger partial charge in [0.05, 0.1) is 10.5 Å². The third kappa shape index (κ3) is 4.70. The molecule has 0 fully saturated rings. The molecule has 0 saturated heterocycles. The lowest BCUT2D eigenvalue weighted by atomic mass is 10.2. The van der Waals surface area contributed by atoms with Crippen molar-refractivity contribution in [3.8, 4) is 0 Å². The fourth-order valence-electron chi connectivity index (χ4n) is 2.19. The zero-order valence-corrected chi connectivity index (χ0v) is 15.3. The molecule has 0 aliphatic carbocycles. The molecule has 0 radical (unpaired) electrons. The van der Waals surface area contributed by atoms with Crippen molar-refractivity contribution >= 4 is 40.6 Å². The Morgan fingerprint density at radius 2 is 1.68 bits per heavy atom. The molecule has 0 amide bonds. The van der Waals surface area contributed by atoms with Crippen molar-refractivity contribution in [2.45, 2.75) is 16.1 Å². The van der Waals surface area contributed by atoms with Gasteiger partial charge in [0, 0.05) is 15.6 Å². The van der Waals surface area contributed by atoms with Crippen molar-refractivity contribution in [1.29, 1.82) is 0 Å². The smallest absolute Gasteiger partial charge is 0.334 e. The Morgan fingerprint density at radius 3 is 2.25 bits per heavy atom. The van der Waals surface area contributed by atoms with E-state index in [4.69, 9.17) is 11.6 Å². The molecule has 1 aromatic heterocycles. The van der Waals surface area contributed by atoms with E-state index in [0.717, 1.165) is 30.2 Å². The predicted octanol–water partition coefficient (Wildman–Crippen LogP) is 5.95. The van der Waals surface area contributed by atoms with Crippen LogP contribution in [-0.2, 0) is 6.18 Å². The van der Waals surface area contributed by atoms with Gasteiger partial charge in [-0.3, -0.25) is 10.1 Å². The average Bonchev–Trinajstić information content (AvgIpc) is 2.63. The second kappa shape index (κ2) is 8.03. The lowest BCUT2D eigenvalue weighted by molar-refractivity contribution is -0.387. The summed E-state index contributed by atoms with van der Waals surface area (Å²) in [5, 5.41) is 14.8. The van der Waals surface area contributed by atoms with E-state index >= 15 is 0 Å². The van der Waals surface area contributed by atoms with Crippen LogP contribution in [0.5, 0.6) is 0 Å². The normalized spacial score (nSPS) is 11.3. The monoisotopic (exact) mass is 426 g/mol. The summed E-state index contributed by atoms with van der Waals surface area (Å²) in [7, 11) is 0. The van der Waals surface area contributed by atoms with E-state index in [1.165, 1.54) is 12.1 Å². The first kappa shape index (κ1) is 19.9. The highest BCUT2D eigenvalue weighted by molar-refractivity contribution is 7.99. The number of nitrogens with zero attached hydrogens (tertiary/aromatic N) is 3. The van der Waals surface area contributed by atoms with Crippen molar-refractivity contribution in [1.82, 2.24) is 9.97 Å². The number of hydrogen-bond donors (Lipinski definition) is 1. The largest absolute Gasteiger partial charge is 0.416 e. The van der Waals surface area contributed by atoms with Crippen molar-refractivity contribution in [3.05, 3.63) is 75.6 Å². The molecule has 3 aromatic rings. The molecule has 2 aromatic carbocycles. The van der Waals surface area contributed by atoms with Crippen LogP contribution in [0.3, 0.4) is 0 Å². The number of rotatable bonds is 5. The van der Waals surface area contributed by atoms with Crippen molar-refractivity contribution < 1.29 is 18.1 Å². The van der Waals surface area contributed by atoms with Crippen LogP contribution in [0.2, 0.25) is 5.02 Å². The van der Waals surface area contributed by atoms with E-state index in [2.05, 4.69) is 15.3 Å². The maximum Gasteiger partial charge on any atom is 0.416 e. The second-order valence-electron chi connectivity index (χ2n) is 5.39. The van der Waals surface area contributed by atoms with Gasteiger partial charge in [0.1, 0.15) is 6.33 Å². The lowest BCUT2D eigenvalue weighted by Gasteiger charge is -2.10. The molecule has 0 spiro atoms. The summed E-state index contributed by atoms with van der Waals surface area (Å²) in [6.45, 7) is 0. The summed E-state index contributed by atoms with van der Waals surface area (Å²) in [6.07, 6.45) is -3.33. The SMILES string of the molecule is O=[N+]([O-])c1c(Nc2ccc(C(F)(F)F)cc2)ncnc1Sc1ccc(Cl)cc1. The van der Waals surface area contributed by atoms with Gasteiger partial charge in [-0.25, -0.2) is 9.97 Å². The maximum atomic E-state index is 12.7. The third-order valence-electron chi connectivity index (χ3n) is 3.47. The van der Waals surface area contributed by atoms with Crippen LogP contribution < -0.4 is 5.32 Å². The highest BCUT2D eigenvalue weighted by Crippen LogP contribution is 2.38. The topological polar surface area (TPSA) is 81.0 Å². The molecule has 0 aliphatic rings. The number of anilines is 2. The summed E-state index contributed by atoms with van der Waals surface area (Å²) >= 11 is 6.87. The summed E-state index contributed by atoms with van der Waals surface area (Å²) in [5.74, 6) is -0.128. The minimum absolute atomic E-state index is 0.0803. The van der Waals surface area contributed by atoms with E-state index in [9.17, 15) is 23.3 Å². The lowest BCUT2D eigenvalue weighted by Crippen LogP contribution is -2.05. The molecule has 0 bridgehead atoms. The summed E-state index contributed by atoms with van der Waals surface area (Å²) in [4.78, 5) is 19.4. The fraction of sp³-hybridized carbons (Fsp3) is 0.0588. The highest BCUT2D eigenvalue weighted by Gasteiger charge is 2.30. The molecule has 144 valence electrons. The first-order chi connectivity index (χ1) is 13.2. The van der Waals surface area contributed by atoms with Gasteiger partial charge in [0.25, 0.3) is 0 Å². The summed E-state index contributed by atoms with van der Waals surface area (Å²) in [5.41, 5.74) is -0.992. The van der Waals surface area contributed by atoms with Gasteiger partial charge in [0.15, 0.2) is 5.03 Å². The van der Waals surface area contributed by atoms with E-state index < -0.39 is 16.7 Å². The number of nitrogens with one attached hydrogen (secondary N) is 1. The van der Waals surface area contributed by atoms with E-state index in [-0.39, 0.29) is 22.2 Å². The highest BCUT2D eigenvalue weighted by atomic mass is 35.5. The molecular weight excluding hydrogens is 417 g/mol. The molecule has 3 rings (SSSR count). The second-order valence-corrected chi connectivity index (χ2v) is 6.89. The molecular formula is C17H10ClF3N4O2S. The summed E-state index contributed by atoms with van der Waals surface area (Å²) in [6, 6.07) is 10.7. The van der Waals surface area contributed by atoms with Crippen LogP contribution in [0.25, 0.3) is 0 Å². The van der Waals surface area contributed by atoms with Crippen LogP contribution >= 0.6 is 23.4 Å². The average molecular weight is 427 g/mol. The first-order valence-electron chi connectivity index (χ1n) is 7.61. The molecule has 28 heavy (non-hydrogen) atoms. The van der Waals surface area contributed by atoms with Crippen LogP contribution in [0.1, 0.15) is 5.56 Å². The van der Waals surface area contributed by atoms with Crippen molar-refractivity contribution in [2.24, 2.45) is 0 Å². The van der Waals surface area contributed by atoms with Crippen LogP contribution in [0, 0.1) is 10.1 Å². The standard InChI is InChI=1S/C17H10ClF3N4O2S/c18-11-3-7-13(8-4-11)28-16-14(25(26)27)15(22-9-23-16)24-12-5-1-10(2-6-12)17(19,20)21/h1-9H,(H,22,23,24). The minimum Gasteiger partial charge on any atom is -0.334 e. The Kier molecular flexibility index (Phi) is 5.71. The van der Waals surface area contributed by atoms with Gasteiger partial charge in [-0.2, -0.15) is 13.2 Å². The number of alkyl halides is 3.